The molecule has 3 heterocycles. The van der Waals surface area contributed by atoms with Crippen molar-refractivity contribution in [2.45, 2.75) is 33.8 Å². The second-order valence-electron chi connectivity index (χ2n) is 4.46. The fourth-order valence-electron chi connectivity index (χ4n) is 2.26. The van der Waals surface area contributed by atoms with Crippen molar-refractivity contribution in [2.75, 3.05) is 6.61 Å². The van der Waals surface area contributed by atoms with E-state index in [1.807, 2.05) is 6.92 Å². The van der Waals surface area contributed by atoms with Crippen molar-refractivity contribution in [2.24, 2.45) is 0 Å². The van der Waals surface area contributed by atoms with E-state index < -0.39 is 0 Å². The van der Waals surface area contributed by atoms with E-state index in [4.69, 9.17) is 9.47 Å². The Bertz CT molecular complexity index is 600. The summed E-state index contributed by atoms with van der Waals surface area (Å²) in [5.41, 5.74) is 1.02. The van der Waals surface area contributed by atoms with E-state index in [0.29, 0.717) is 6.61 Å². The Morgan fingerprint density at radius 1 is 1.00 bits per heavy atom. The summed E-state index contributed by atoms with van der Waals surface area (Å²) in [4.78, 5) is 8.14. The predicted molar refractivity (Wildman–Crippen MR) is 74.2 cm³/mol. The van der Waals surface area contributed by atoms with Gasteiger partial charge < -0.3 is 9.47 Å². The molecule has 1 atom stereocenters. The molecule has 0 radical (unpaired) electrons. The van der Waals surface area contributed by atoms with Crippen LogP contribution >= 0.6 is 22.7 Å². The normalized spacial score (nSPS) is 18.1. The van der Waals surface area contributed by atoms with Gasteiger partial charge in [-0.2, -0.15) is 0 Å². The summed E-state index contributed by atoms with van der Waals surface area (Å²) < 4.78 is 11.9. The van der Waals surface area contributed by atoms with E-state index in [-0.39, 0.29) is 6.10 Å². The number of aryl methyl sites for hydroxylation is 4. The lowest BCUT2D eigenvalue weighted by Gasteiger charge is -2.24. The number of hydrogen-bond donors (Lipinski definition) is 0. The monoisotopic (exact) mass is 281 g/mol. The average molecular weight is 281 g/mol. The third kappa shape index (κ3) is 1.82. The van der Waals surface area contributed by atoms with Crippen LogP contribution in [-0.4, -0.2) is 11.6 Å². The van der Waals surface area contributed by atoms with E-state index in [9.17, 15) is 0 Å². The maximum Gasteiger partial charge on any atom is 0.176 e. The first-order valence-electron chi connectivity index (χ1n) is 5.89. The maximum absolute atomic E-state index is 6.09. The van der Waals surface area contributed by atoms with Gasteiger partial charge in [0.15, 0.2) is 17.6 Å². The second-order valence-corrected chi connectivity index (χ2v) is 7.30. The van der Waals surface area contributed by atoms with Crippen molar-refractivity contribution in [3.8, 4) is 11.5 Å². The van der Waals surface area contributed by atoms with Gasteiger partial charge in [-0.3, -0.25) is 0 Å². The van der Waals surface area contributed by atoms with Gasteiger partial charge in [-0.25, -0.2) is 4.98 Å². The first-order chi connectivity index (χ1) is 8.56. The van der Waals surface area contributed by atoms with Crippen molar-refractivity contribution >= 4 is 22.7 Å². The smallest absolute Gasteiger partial charge is 0.176 e. The van der Waals surface area contributed by atoms with Gasteiger partial charge in [0, 0.05) is 14.6 Å². The zero-order valence-corrected chi connectivity index (χ0v) is 12.5. The topological polar surface area (TPSA) is 31.4 Å². The van der Waals surface area contributed by atoms with Gasteiger partial charge in [-0.05, 0) is 27.7 Å². The summed E-state index contributed by atoms with van der Waals surface area (Å²) in [6.07, 6.45) is -0.0739. The van der Waals surface area contributed by atoms with E-state index in [1.165, 1.54) is 14.6 Å². The molecule has 0 saturated heterocycles. The minimum absolute atomic E-state index is 0.0739. The SMILES string of the molecule is Cc1nc(C2COc3c(C)sc(C)c3O2)c(C)s1. The standard InChI is InChI=1S/C13H15NO2S2/c1-6-11(14-9(4)18-6)10-5-15-12-7(2)17-8(3)13(12)16-10/h10H,5H2,1-4H3. The summed E-state index contributed by atoms with van der Waals surface area (Å²) in [6.45, 7) is 8.80. The molecule has 3 nitrogen and oxygen atoms in total. The molecule has 18 heavy (non-hydrogen) atoms. The number of aromatic nitrogens is 1. The zero-order chi connectivity index (χ0) is 12.9. The molecule has 1 unspecified atom stereocenters. The Hall–Kier alpha value is -1.07. The largest absolute Gasteiger partial charge is 0.484 e. The summed E-state index contributed by atoms with van der Waals surface area (Å²) >= 11 is 3.43. The molecule has 96 valence electrons. The van der Waals surface area contributed by atoms with E-state index in [1.54, 1.807) is 22.7 Å². The van der Waals surface area contributed by atoms with Gasteiger partial charge in [0.2, 0.25) is 0 Å². The number of hydrogen-bond acceptors (Lipinski definition) is 5. The first kappa shape index (κ1) is 12.0. The molecule has 1 aliphatic rings. The highest BCUT2D eigenvalue weighted by atomic mass is 32.1. The molecule has 0 aromatic carbocycles. The molecule has 1 aliphatic heterocycles. The van der Waals surface area contributed by atoms with Gasteiger partial charge in [0.1, 0.15) is 6.61 Å². The highest BCUT2D eigenvalue weighted by Crippen LogP contribution is 2.46. The first-order valence-corrected chi connectivity index (χ1v) is 7.53. The number of nitrogens with zero attached hydrogens (tertiary/aromatic N) is 1. The quantitative estimate of drug-likeness (QED) is 0.793. The van der Waals surface area contributed by atoms with Crippen LogP contribution in [0.15, 0.2) is 0 Å². The molecule has 0 N–H and O–H groups in total. The third-order valence-electron chi connectivity index (χ3n) is 3.04. The Morgan fingerprint density at radius 3 is 2.39 bits per heavy atom. The van der Waals surface area contributed by atoms with Crippen LogP contribution in [0.25, 0.3) is 0 Å². The second kappa shape index (κ2) is 4.24. The summed E-state index contributed by atoms with van der Waals surface area (Å²) in [6, 6.07) is 0. The van der Waals surface area contributed by atoms with Crippen LogP contribution in [-0.2, 0) is 0 Å². The van der Waals surface area contributed by atoms with Crippen LogP contribution in [0.1, 0.15) is 31.4 Å². The van der Waals surface area contributed by atoms with Gasteiger partial charge in [-0.1, -0.05) is 0 Å². The highest BCUT2D eigenvalue weighted by Gasteiger charge is 2.29. The molecule has 0 bridgehead atoms. The maximum atomic E-state index is 6.09. The molecule has 3 rings (SSSR count). The van der Waals surface area contributed by atoms with Crippen molar-refractivity contribution in [3.63, 3.8) is 0 Å². The number of thiophene rings is 1. The van der Waals surface area contributed by atoms with Crippen LogP contribution in [0, 0.1) is 27.7 Å². The Labute approximate surface area is 114 Å². The molecule has 5 heteroatoms. The lowest BCUT2D eigenvalue weighted by molar-refractivity contribution is 0.0883. The minimum Gasteiger partial charge on any atom is -0.484 e. The molecule has 2 aromatic rings. The molecule has 0 amide bonds. The predicted octanol–water partition coefficient (Wildman–Crippen LogP) is 3.95. The van der Waals surface area contributed by atoms with Gasteiger partial charge in [0.05, 0.1) is 10.7 Å². The molecule has 0 saturated carbocycles. The molecular weight excluding hydrogens is 266 g/mol. The lowest BCUT2D eigenvalue weighted by Crippen LogP contribution is -2.22. The van der Waals surface area contributed by atoms with Gasteiger partial charge in [-0.15, -0.1) is 22.7 Å². The minimum atomic E-state index is -0.0739. The van der Waals surface area contributed by atoms with Crippen molar-refractivity contribution < 1.29 is 9.47 Å². The molecule has 0 fully saturated rings. The fraction of sp³-hybridized carbons (Fsp3) is 0.462. The Balaban J connectivity index is 1.95. The highest BCUT2D eigenvalue weighted by molar-refractivity contribution is 7.12. The van der Waals surface area contributed by atoms with E-state index in [2.05, 4.69) is 25.8 Å². The van der Waals surface area contributed by atoms with Crippen molar-refractivity contribution in [1.82, 2.24) is 4.98 Å². The van der Waals surface area contributed by atoms with Crippen LogP contribution in [0.3, 0.4) is 0 Å². The number of rotatable bonds is 1. The average Bonchev–Trinajstić information content (AvgIpc) is 2.80. The van der Waals surface area contributed by atoms with Crippen molar-refractivity contribution in [1.29, 1.82) is 0 Å². The van der Waals surface area contributed by atoms with Gasteiger partial charge >= 0.3 is 0 Å². The number of thiazole rings is 1. The molecular formula is C13H15NO2S2. The van der Waals surface area contributed by atoms with Crippen LogP contribution < -0.4 is 9.47 Å². The van der Waals surface area contributed by atoms with Crippen LogP contribution in [0.4, 0.5) is 0 Å². The van der Waals surface area contributed by atoms with Crippen LogP contribution in [0.2, 0.25) is 0 Å². The summed E-state index contributed by atoms with van der Waals surface area (Å²) in [7, 11) is 0. The van der Waals surface area contributed by atoms with Crippen molar-refractivity contribution in [3.05, 3.63) is 25.3 Å². The third-order valence-corrected chi connectivity index (χ3v) is 4.92. The number of fused-ring (bicyclic) bond motifs is 1. The van der Waals surface area contributed by atoms with Crippen LogP contribution in [0.5, 0.6) is 11.5 Å². The number of ether oxygens (including phenoxy) is 2. The Morgan fingerprint density at radius 2 is 1.72 bits per heavy atom. The van der Waals surface area contributed by atoms with Gasteiger partial charge in [0.25, 0.3) is 0 Å². The zero-order valence-electron chi connectivity index (χ0n) is 10.9. The Kier molecular flexibility index (Phi) is 2.83. The molecule has 0 aliphatic carbocycles. The summed E-state index contributed by atoms with van der Waals surface area (Å²) in [5, 5.41) is 1.08. The lowest BCUT2D eigenvalue weighted by atomic mass is 10.2. The fourth-order valence-corrected chi connectivity index (χ4v) is 4.07. The summed E-state index contributed by atoms with van der Waals surface area (Å²) in [5.74, 6) is 1.82. The van der Waals surface area contributed by atoms with E-state index in [0.717, 1.165) is 22.2 Å². The van der Waals surface area contributed by atoms with E-state index >= 15 is 0 Å². The molecule has 0 spiro atoms. The molecule has 2 aromatic heterocycles.